The molecule has 6 heteroatoms. The van der Waals surface area contributed by atoms with Gasteiger partial charge in [0, 0.05) is 0 Å². The van der Waals surface area contributed by atoms with Crippen LogP contribution in [0.15, 0.2) is 72.8 Å². The molecular formula is C24H23N3O3. The molecule has 152 valence electrons. The van der Waals surface area contributed by atoms with Gasteiger partial charge in [-0.3, -0.25) is 14.5 Å². The van der Waals surface area contributed by atoms with Crippen molar-refractivity contribution in [1.82, 2.24) is 15.5 Å². The van der Waals surface area contributed by atoms with Gasteiger partial charge in [-0.05, 0) is 35.7 Å². The fraction of sp³-hybridized carbons (Fsp3) is 0.208. The normalized spacial score (nSPS) is 19.6. The van der Waals surface area contributed by atoms with Gasteiger partial charge in [-0.1, -0.05) is 72.8 Å². The van der Waals surface area contributed by atoms with E-state index in [0.717, 1.165) is 21.2 Å². The Balaban J connectivity index is 1.54. The van der Waals surface area contributed by atoms with Gasteiger partial charge in [0.1, 0.15) is 12.1 Å². The number of imide groups is 1. The molecule has 30 heavy (non-hydrogen) atoms. The lowest BCUT2D eigenvalue weighted by Gasteiger charge is -2.24. The molecule has 3 aromatic carbocycles. The molecule has 2 N–H and O–H groups in total. The highest BCUT2D eigenvalue weighted by Gasteiger charge is 2.50. The van der Waals surface area contributed by atoms with Crippen LogP contribution in [-0.2, 0) is 15.1 Å². The zero-order valence-electron chi connectivity index (χ0n) is 16.9. The summed E-state index contributed by atoms with van der Waals surface area (Å²) in [6.07, 6.45) is 0. The van der Waals surface area contributed by atoms with Crippen LogP contribution >= 0.6 is 0 Å². The molecule has 4 rings (SSSR count). The van der Waals surface area contributed by atoms with Crippen molar-refractivity contribution in [2.45, 2.75) is 25.4 Å². The standard InChI is InChI=1S/C24H23N3O3/c1-16(17-9-4-3-5-10-17)25-21(28)15-27-22(29)24(2,26-23(27)30)20-14-8-12-18-11-6-7-13-19(18)20/h3-14,16H,15H2,1-2H3,(H,25,28)(H,26,30)/t16-,24+/m0/s1. The molecule has 0 saturated carbocycles. The zero-order chi connectivity index (χ0) is 21.3. The number of rotatable bonds is 5. The Bertz CT molecular complexity index is 1120. The number of hydrogen-bond donors (Lipinski definition) is 2. The van der Waals surface area contributed by atoms with E-state index in [2.05, 4.69) is 10.6 Å². The monoisotopic (exact) mass is 401 g/mol. The smallest absolute Gasteiger partial charge is 0.325 e. The van der Waals surface area contributed by atoms with E-state index in [0.29, 0.717) is 5.56 Å². The Morgan fingerprint density at radius 3 is 2.43 bits per heavy atom. The number of benzene rings is 3. The van der Waals surface area contributed by atoms with Gasteiger partial charge in [0.15, 0.2) is 0 Å². The van der Waals surface area contributed by atoms with Crippen molar-refractivity contribution in [3.63, 3.8) is 0 Å². The molecule has 1 aliphatic rings. The van der Waals surface area contributed by atoms with Crippen LogP contribution in [-0.4, -0.2) is 29.3 Å². The molecule has 0 spiro atoms. The molecule has 4 amide bonds. The molecule has 2 atom stereocenters. The van der Waals surface area contributed by atoms with Crippen molar-refractivity contribution in [1.29, 1.82) is 0 Å². The molecule has 0 unspecified atom stereocenters. The summed E-state index contributed by atoms with van der Waals surface area (Å²) in [5.41, 5.74) is 0.423. The van der Waals surface area contributed by atoms with Crippen LogP contribution in [0.2, 0.25) is 0 Å². The van der Waals surface area contributed by atoms with Crippen molar-refractivity contribution in [2.75, 3.05) is 6.54 Å². The highest BCUT2D eigenvalue weighted by molar-refractivity contribution is 6.10. The van der Waals surface area contributed by atoms with Gasteiger partial charge in [0.25, 0.3) is 5.91 Å². The molecule has 3 aromatic rings. The number of nitrogens with one attached hydrogen (secondary N) is 2. The van der Waals surface area contributed by atoms with Crippen molar-refractivity contribution < 1.29 is 14.4 Å². The second-order valence-electron chi connectivity index (χ2n) is 7.67. The van der Waals surface area contributed by atoms with Crippen molar-refractivity contribution in [3.8, 4) is 0 Å². The summed E-state index contributed by atoms with van der Waals surface area (Å²) in [7, 11) is 0. The van der Waals surface area contributed by atoms with Crippen LogP contribution < -0.4 is 10.6 Å². The second kappa shape index (κ2) is 7.63. The van der Waals surface area contributed by atoms with Crippen LogP contribution in [0.3, 0.4) is 0 Å². The minimum Gasteiger partial charge on any atom is -0.348 e. The lowest BCUT2D eigenvalue weighted by Crippen LogP contribution is -2.43. The molecule has 1 aliphatic heterocycles. The average Bonchev–Trinajstić information content (AvgIpc) is 2.97. The summed E-state index contributed by atoms with van der Waals surface area (Å²) in [6, 6.07) is 22.1. The first-order chi connectivity index (χ1) is 14.4. The minimum atomic E-state index is -1.23. The van der Waals surface area contributed by atoms with Gasteiger partial charge in [-0.2, -0.15) is 0 Å². The Morgan fingerprint density at radius 1 is 1.00 bits per heavy atom. The fourth-order valence-electron chi connectivity index (χ4n) is 3.94. The Labute approximate surface area is 174 Å². The van der Waals surface area contributed by atoms with Crippen molar-refractivity contribution in [2.24, 2.45) is 0 Å². The maximum atomic E-state index is 13.2. The van der Waals surface area contributed by atoms with Gasteiger partial charge in [0.05, 0.1) is 6.04 Å². The van der Waals surface area contributed by atoms with E-state index >= 15 is 0 Å². The quantitative estimate of drug-likeness (QED) is 0.643. The highest BCUT2D eigenvalue weighted by atomic mass is 16.2. The fourth-order valence-corrected chi connectivity index (χ4v) is 3.94. The van der Waals surface area contributed by atoms with E-state index < -0.39 is 23.4 Å². The third kappa shape index (κ3) is 3.41. The summed E-state index contributed by atoms with van der Waals surface area (Å²) in [6.45, 7) is 3.21. The van der Waals surface area contributed by atoms with E-state index in [1.165, 1.54) is 0 Å². The third-order valence-corrected chi connectivity index (χ3v) is 5.58. The first-order valence-electron chi connectivity index (χ1n) is 9.87. The Morgan fingerprint density at radius 2 is 1.67 bits per heavy atom. The number of amides is 4. The molecule has 6 nitrogen and oxygen atoms in total. The van der Waals surface area contributed by atoms with Gasteiger partial charge >= 0.3 is 6.03 Å². The minimum absolute atomic E-state index is 0.232. The molecule has 1 saturated heterocycles. The third-order valence-electron chi connectivity index (χ3n) is 5.58. The van der Waals surface area contributed by atoms with Crippen LogP contribution in [0.25, 0.3) is 10.8 Å². The average molecular weight is 401 g/mol. The summed E-state index contributed by atoms with van der Waals surface area (Å²) < 4.78 is 0. The van der Waals surface area contributed by atoms with Gasteiger partial charge in [-0.25, -0.2) is 4.79 Å². The summed E-state index contributed by atoms with van der Waals surface area (Å²) in [5, 5.41) is 7.50. The van der Waals surface area contributed by atoms with Crippen molar-refractivity contribution >= 4 is 28.6 Å². The first kappa shape index (κ1) is 19.6. The van der Waals surface area contributed by atoms with Gasteiger partial charge < -0.3 is 10.6 Å². The summed E-state index contributed by atoms with van der Waals surface area (Å²) in [5.74, 6) is -0.830. The van der Waals surface area contributed by atoms with E-state index in [1.54, 1.807) is 6.92 Å². The molecule has 0 aliphatic carbocycles. The molecule has 0 aromatic heterocycles. The topological polar surface area (TPSA) is 78.5 Å². The van der Waals surface area contributed by atoms with E-state index in [-0.39, 0.29) is 12.6 Å². The number of urea groups is 1. The van der Waals surface area contributed by atoms with Crippen molar-refractivity contribution in [3.05, 3.63) is 83.9 Å². The van der Waals surface area contributed by atoms with E-state index in [1.807, 2.05) is 79.7 Å². The number of carbonyl (C=O) groups is 3. The lowest BCUT2D eigenvalue weighted by molar-refractivity contribution is -0.135. The molecule has 1 fully saturated rings. The van der Waals surface area contributed by atoms with E-state index in [9.17, 15) is 14.4 Å². The van der Waals surface area contributed by atoms with Crippen LogP contribution in [0.5, 0.6) is 0 Å². The number of carbonyl (C=O) groups excluding carboxylic acids is 3. The van der Waals surface area contributed by atoms with E-state index in [4.69, 9.17) is 0 Å². The number of nitrogens with zero attached hydrogens (tertiary/aromatic N) is 1. The second-order valence-corrected chi connectivity index (χ2v) is 7.67. The Kier molecular flexibility index (Phi) is 4.99. The van der Waals surface area contributed by atoms with Crippen LogP contribution in [0, 0.1) is 0 Å². The van der Waals surface area contributed by atoms with Crippen LogP contribution in [0.1, 0.15) is 31.0 Å². The molecular weight excluding hydrogens is 378 g/mol. The lowest BCUT2D eigenvalue weighted by atomic mass is 9.88. The van der Waals surface area contributed by atoms with Crippen LogP contribution in [0.4, 0.5) is 4.79 Å². The SMILES string of the molecule is C[C@H](NC(=O)CN1C(=O)N[C@](C)(c2cccc3ccccc23)C1=O)c1ccccc1. The highest BCUT2D eigenvalue weighted by Crippen LogP contribution is 2.33. The molecule has 0 bridgehead atoms. The maximum Gasteiger partial charge on any atom is 0.325 e. The number of hydrogen-bond acceptors (Lipinski definition) is 3. The summed E-state index contributed by atoms with van der Waals surface area (Å²) >= 11 is 0. The zero-order valence-corrected chi connectivity index (χ0v) is 16.9. The van der Waals surface area contributed by atoms with Gasteiger partial charge in [-0.15, -0.1) is 0 Å². The summed E-state index contributed by atoms with van der Waals surface area (Å²) in [4.78, 5) is 39.4. The Hall–Kier alpha value is -3.67. The predicted molar refractivity (Wildman–Crippen MR) is 115 cm³/mol. The van der Waals surface area contributed by atoms with Gasteiger partial charge in [0.2, 0.25) is 5.91 Å². The predicted octanol–water partition coefficient (Wildman–Crippen LogP) is 3.48. The first-order valence-corrected chi connectivity index (χ1v) is 9.87. The number of fused-ring (bicyclic) bond motifs is 1. The molecule has 1 heterocycles. The molecule has 0 radical (unpaired) electrons. The maximum absolute atomic E-state index is 13.2. The largest absolute Gasteiger partial charge is 0.348 e.